The minimum atomic E-state index is -1.10. The van der Waals surface area contributed by atoms with E-state index in [4.69, 9.17) is 0 Å². The molecular formula is C25H32N4O2S3. The second-order valence-electron chi connectivity index (χ2n) is 8.51. The molecule has 2 aliphatic heterocycles. The summed E-state index contributed by atoms with van der Waals surface area (Å²) in [5.41, 5.74) is -0.384. The van der Waals surface area contributed by atoms with Gasteiger partial charge >= 0.3 is 12.1 Å². The van der Waals surface area contributed by atoms with Crippen molar-refractivity contribution in [2.24, 2.45) is 0 Å². The number of fused-ring (bicyclic) bond motifs is 1. The predicted molar refractivity (Wildman–Crippen MR) is 146 cm³/mol. The summed E-state index contributed by atoms with van der Waals surface area (Å²) < 4.78 is 0. The Balaban J connectivity index is 2.06. The zero-order valence-corrected chi connectivity index (χ0v) is 21.8. The summed E-state index contributed by atoms with van der Waals surface area (Å²) in [6.45, 7) is 1.43. The highest BCUT2D eigenvalue weighted by molar-refractivity contribution is 7.80. The maximum absolute atomic E-state index is 14.2. The van der Waals surface area contributed by atoms with E-state index >= 15 is 0 Å². The van der Waals surface area contributed by atoms with Crippen molar-refractivity contribution in [3.63, 3.8) is 0 Å². The van der Waals surface area contributed by atoms with Crippen molar-refractivity contribution in [3.05, 3.63) is 71.8 Å². The van der Waals surface area contributed by atoms with Gasteiger partial charge in [0.05, 0.1) is 0 Å². The first kappa shape index (κ1) is 25.1. The first-order chi connectivity index (χ1) is 16.6. The summed E-state index contributed by atoms with van der Waals surface area (Å²) in [5, 5.41) is 3.32. The molecule has 2 heterocycles. The van der Waals surface area contributed by atoms with Crippen molar-refractivity contribution >= 4 is 49.9 Å². The van der Waals surface area contributed by atoms with Crippen LogP contribution in [-0.4, -0.2) is 63.7 Å². The van der Waals surface area contributed by atoms with E-state index < -0.39 is 11.3 Å². The summed E-state index contributed by atoms with van der Waals surface area (Å²) in [5.74, 6) is 1.92. The zero-order valence-electron chi connectivity index (χ0n) is 19.1. The molecule has 0 saturated carbocycles. The number of benzene rings is 2. The van der Waals surface area contributed by atoms with Crippen molar-refractivity contribution in [3.8, 4) is 0 Å². The summed E-state index contributed by atoms with van der Waals surface area (Å²) in [4.78, 5) is 33.6. The number of hydrogen-bond donors (Lipinski definition) is 4. The van der Waals surface area contributed by atoms with E-state index in [9.17, 15) is 9.59 Å². The largest absolute Gasteiger partial charge is 0.324 e. The first-order valence-corrected chi connectivity index (χ1v) is 13.6. The van der Waals surface area contributed by atoms with E-state index in [1.807, 2.05) is 75.4 Å². The average Bonchev–Trinajstić information content (AvgIpc) is 3.24. The van der Waals surface area contributed by atoms with E-state index in [0.29, 0.717) is 56.2 Å². The molecule has 0 aromatic heterocycles. The Labute approximate surface area is 218 Å². The fraction of sp³-hybridized carbons (Fsp3) is 0.440. The van der Waals surface area contributed by atoms with Gasteiger partial charge in [0.1, 0.15) is 0 Å². The number of urea groups is 2. The Morgan fingerprint density at radius 2 is 1.12 bits per heavy atom. The number of nitrogens with zero attached hydrogens (tertiary/aromatic N) is 3. The van der Waals surface area contributed by atoms with Crippen LogP contribution in [-0.2, 0) is 11.3 Å². The van der Waals surface area contributed by atoms with Crippen molar-refractivity contribution < 1.29 is 9.59 Å². The lowest BCUT2D eigenvalue weighted by Crippen LogP contribution is -2.63. The first-order valence-electron chi connectivity index (χ1n) is 11.7. The third-order valence-corrected chi connectivity index (χ3v) is 7.62. The minimum Gasteiger partial charge on any atom is -0.307 e. The van der Waals surface area contributed by atoms with Crippen molar-refractivity contribution in [1.82, 2.24) is 20.0 Å². The van der Waals surface area contributed by atoms with Gasteiger partial charge in [0.15, 0.2) is 11.3 Å². The van der Waals surface area contributed by atoms with Gasteiger partial charge in [-0.25, -0.2) is 9.59 Å². The molecule has 4 rings (SSSR count). The molecule has 2 aliphatic rings. The lowest BCUT2D eigenvalue weighted by Gasteiger charge is -2.48. The van der Waals surface area contributed by atoms with Gasteiger partial charge in [0, 0.05) is 30.8 Å². The second-order valence-corrected chi connectivity index (χ2v) is 9.86. The third kappa shape index (κ3) is 3.76. The van der Waals surface area contributed by atoms with Crippen molar-refractivity contribution in [2.75, 3.05) is 36.9 Å². The van der Waals surface area contributed by atoms with Crippen LogP contribution < -0.4 is 5.32 Å². The number of hydrogen-bond acceptors (Lipinski definition) is 5. The van der Waals surface area contributed by atoms with Crippen LogP contribution in [0.25, 0.3) is 0 Å². The van der Waals surface area contributed by atoms with Crippen LogP contribution in [0, 0.1) is 0 Å². The van der Waals surface area contributed by atoms with Crippen LogP contribution in [0.15, 0.2) is 60.7 Å². The van der Waals surface area contributed by atoms with Crippen LogP contribution >= 0.6 is 37.9 Å². The van der Waals surface area contributed by atoms with Gasteiger partial charge in [0.25, 0.3) is 0 Å². The number of carbonyl (C=O) groups is 2. The molecule has 2 saturated heterocycles. The molecule has 0 aliphatic carbocycles. The number of nitrogens with one attached hydrogen (secondary N) is 1. The summed E-state index contributed by atoms with van der Waals surface area (Å²) >= 11 is 13.3. The minimum absolute atomic E-state index is 0.0906. The molecule has 9 heteroatoms. The fourth-order valence-electron chi connectivity index (χ4n) is 5.45. The highest BCUT2D eigenvalue weighted by Gasteiger charge is 2.76. The normalized spacial score (nSPS) is 24.0. The van der Waals surface area contributed by atoms with E-state index in [2.05, 4.69) is 43.2 Å². The van der Waals surface area contributed by atoms with Gasteiger partial charge in [-0.3, -0.25) is 14.7 Å². The molecule has 182 valence electrons. The maximum Gasteiger partial charge on any atom is 0.324 e. The smallest absolute Gasteiger partial charge is 0.307 e. The third-order valence-electron chi connectivity index (χ3n) is 6.67. The van der Waals surface area contributed by atoms with Crippen LogP contribution in [0.1, 0.15) is 30.4 Å². The number of carbonyl (C=O) groups excluding carboxylic acids is 2. The molecule has 2 aromatic carbocycles. The van der Waals surface area contributed by atoms with Crippen LogP contribution in [0.5, 0.6) is 0 Å². The molecule has 34 heavy (non-hydrogen) atoms. The predicted octanol–water partition coefficient (Wildman–Crippen LogP) is 4.41. The van der Waals surface area contributed by atoms with Gasteiger partial charge in [-0.1, -0.05) is 60.7 Å². The number of thiol groups is 3. The molecule has 2 unspecified atom stereocenters. The lowest BCUT2D eigenvalue weighted by molar-refractivity contribution is -0.0361. The van der Waals surface area contributed by atoms with Gasteiger partial charge in [0.2, 0.25) is 0 Å². The maximum atomic E-state index is 14.2. The Hall–Kier alpha value is -1.97. The molecule has 2 aromatic rings. The van der Waals surface area contributed by atoms with Crippen LogP contribution in [0.2, 0.25) is 0 Å². The van der Waals surface area contributed by atoms with Crippen LogP contribution in [0.3, 0.4) is 0 Å². The Kier molecular flexibility index (Phi) is 7.94. The quantitative estimate of drug-likeness (QED) is 0.335. The van der Waals surface area contributed by atoms with Gasteiger partial charge < -0.3 is 5.32 Å². The Morgan fingerprint density at radius 1 is 0.647 bits per heavy atom. The molecular weight excluding hydrogens is 485 g/mol. The molecule has 0 radical (unpaired) electrons. The van der Waals surface area contributed by atoms with E-state index in [1.54, 1.807) is 0 Å². The van der Waals surface area contributed by atoms with E-state index in [0.717, 1.165) is 11.1 Å². The number of rotatable bonds is 11. The van der Waals surface area contributed by atoms with Crippen molar-refractivity contribution in [1.29, 1.82) is 0 Å². The van der Waals surface area contributed by atoms with Crippen LogP contribution in [0.4, 0.5) is 9.59 Å². The summed E-state index contributed by atoms with van der Waals surface area (Å²) in [6.07, 6.45) is 2.13. The Morgan fingerprint density at radius 3 is 1.65 bits per heavy atom. The van der Waals surface area contributed by atoms with Gasteiger partial charge in [-0.15, -0.1) is 0 Å². The van der Waals surface area contributed by atoms with Crippen molar-refractivity contribution in [2.45, 2.75) is 30.6 Å². The average molecular weight is 517 g/mol. The molecule has 2 fully saturated rings. The molecule has 6 nitrogen and oxygen atoms in total. The Bertz CT molecular complexity index is 990. The zero-order chi connectivity index (χ0) is 24.2. The molecule has 0 spiro atoms. The molecule has 0 bridgehead atoms. The number of amides is 4. The van der Waals surface area contributed by atoms with Gasteiger partial charge in [-0.2, -0.15) is 37.9 Å². The highest BCUT2D eigenvalue weighted by atomic mass is 32.1. The van der Waals surface area contributed by atoms with E-state index in [-0.39, 0.29) is 12.1 Å². The molecule has 4 amide bonds. The summed E-state index contributed by atoms with van der Waals surface area (Å²) in [6, 6.07) is 19.5. The molecule has 2 atom stereocenters. The summed E-state index contributed by atoms with van der Waals surface area (Å²) in [7, 11) is 0. The monoisotopic (exact) mass is 516 g/mol. The second kappa shape index (κ2) is 10.7. The SMILES string of the molecule is O=C1NC2(c3ccccc3)N(CCCS)C(=O)N(CCCS)C2(c2ccccc2)N1CCCS. The fourth-order valence-corrected chi connectivity index (χ4v) is 5.87. The molecule has 1 N–H and O–H groups in total. The standard InChI is InChI=1S/C25H32N4O2S3/c30-22-26-24(20-10-3-1-4-11-20)25(27(22)14-7-17-32,21-12-5-2-6-13-21)29(16-9-19-34)23(31)28(24)15-8-18-33/h1-6,10-13,32-34H,7-9,14-19H2,(H,26,30). The lowest BCUT2D eigenvalue weighted by atomic mass is 9.80. The topological polar surface area (TPSA) is 55.9 Å². The van der Waals surface area contributed by atoms with Gasteiger partial charge in [-0.05, 0) is 36.5 Å². The van der Waals surface area contributed by atoms with E-state index in [1.165, 1.54) is 0 Å². The highest BCUT2D eigenvalue weighted by Crippen LogP contribution is 2.58.